The number of amides is 1. The maximum atomic E-state index is 11.9. The fraction of sp³-hybridized carbons (Fsp3) is 0.235. The Morgan fingerprint density at radius 2 is 1.67 bits per heavy atom. The van der Waals surface area contributed by atoms with Crippen molar-refractivity contribution in [3.05, 3.63) is 71.8 Å². The van der Waals surface area contributed by atoms with Gasteiger partial charge in [0.05, 0.1) is 12.1 Å². The molecule has 0 aliphatic rings. The van der Waals surface area contributed by atoms with Crippen LogP contribution in [-0.2, 0) is 16.9 Å². The Kier molecular flexibility index (Phi) is 4.95. The van der Waals surface area contributed by atoms with E-state index < -0.39 is 11.6 Å². The van der Waals surface area contributed by atoms with E-state index in [-0.39, 0.29) is 13.2 Å². The van der Waals surface area contributed by atoms with E-state index in [0.717, 1.165) is 11.1 Å². The van der Waals surface area contributed by atoms with Crippen LogP contribution in [0.5, 0.6) is 0 Å². The summed E-state index contributed by atoms with van der Waals surface area (Å²) in [6.07, 6.45) is -0.556. The van der Waals surface area contributed by atoms with Crippen LogP contribution in [0.25, 0.3) is 0 Å². The Morgan fingerprint density at radius 3 is 2.24 bits per heavy atom. The van der Waals surface area contributed by atoms with Crippen LogP contribution in [0.1, 0.15) is 18.1 Å². The van der Waals surface area contributed by atoms with Gasteiger partial charge in [-0.15, -0.1) is 0 Å². The van der Waals surface area contributed by atoms with Gasteiger partial charge >= 0.3 is 6.09 Å². The molecule has 4 nitrogen and oxygen atoms in total. The largest absolute Gasteiger partial charge is 0.445 e. The van der Waals surface area contributed by atoms with E-state index in [4.69, 9.17) is 4.74 Å². The highest BCUT2D eigenvalue weighted by molar-refractivity contribution is 5.68. The molecule has 0 aromatic heterocycles. The summed E-state index contributed by atoms with van der Waals surface area (Å²) in [6, 6.07) is 18.8. The summed E-state index contributed by atoms with van der Waals surface area (Å²) in [6.45, 7) is 1.74. The lowest BCUT2D eigenvalue weighted by Crippen LogP contribution is -2.46. The molecule has 110 valence electrons. The molecule has 0 fully saturated rings. The number of rotatable bonds is 5. The Labute approximate surface area is 124 Å². The highest BCUT2D eigenvalue weighted by Gasteiger charge is 2.28. The first-order chi connectivity index (χ1) is 10.1. The monoisotopic (exact) mass is 285 g/mol. The van der Waals surface area contributed by atoms with E-state index in [1.807, 2.05) is 60.7 Å². The molecule has 0 aliphatic heterocycles. The third-order valence-corrected chi connectivity index (χ3v) is 3.32. The predicted octanol–water partition coefficient (Wildman–Crippen LogP) is 2.82. The zero-order chi connectivity index (χ0) is 15.1. The van der Waals surface area contributed by atoms with Crippen LogP contribution in [0.2, 0.25) is 0 Å². The van der Waals surface area contributed by atoms with Gasteiger partial charge in [-0.1, -0.05) is 60.7 Å². The number of aliphatic hydroxyl groups excluding tert-OH is 1. The first-order valence-corrected chi connectivity index (χ1v) is 6.79. The Balaban J connectivity index is 1.97. The lowest BCUT2D eigenvalue weighted by molar-refractivity contribution is 0.111. The van der Waals surface area contributed by atoms with Gasteiger partial charge in [0, 0.05) is 0 Å². The molecule has 0 radical (unpaired) electrons. The molecule has 0 saturated heterocycles. The average molecular weight is 285 g/mol. The van der Waals surface area contributed by atoms with Crippen molar-refractivity contribution in [2.75, 3.05) is 6.61 Å². The Hall–Kier alpha value is -2.33. The van der Waals surface area contributed by atoms with Gasteiger partial charge in [-0.3, -0.25) is 0 Å². The van der Waals surface area contributed by atoms with Gasteiger partial charge in [0.1, 0.15) is 6.61 Å². The molecule has 1 amide bonds. The third kappa shape index (κ3) is 4.07. The molecule has 0 spiro atoms. The number of hydrogen-bond donors (Lipinski definition) is 2. The minimum Gasteiger partial charge on any atom is -0.445 e. The molecular weight excluding hydrogens is 266 g/mol. The molecular formula is C17H19NO3. The van der Waals surface area contributed by atoms with Crippen LogP contribution in [0.3, 0.4) is 0 Å². The van der Waals surface area contributed by atoms with Crippen LogP contribution in [-0.4, -0.2) is 17.8 Å². The minimum atomic E-state index is -0.866. The molecule has 1 unspecified atom stereocenters. The first kappa shape index (κ1) is 15.1. The maximum Gasteiger partial charge on any atom is 0.408 e. The molecule has 0 bridgehead atoms. The Bertz CT molecular complexity index is 571. The van der Waals surface area contributed by atoms with Crippen molar-refractivity contribution in [2.45, 2.75) is 19.1 Å². The van der Waals surface area contributed by atoms with E-state index in [2.05, 4.69) is 5.32 Å². The highest BCUT2D eigenvalue weighted by Crippen LogP contribution is 2.20. The average Bonchev–Trinajstić information content (AvgIpc) is 2.54. The van der Waals surface area contributed by atoms with Crippen molar-refractivity contribution >= 4 is 6.09 Å². The molecule has 4 heteroatoms. The molecule has 2 N–H and O–H groups in total. The van der Waals surface area contributed by atoms with Crippen LogP contribution >= 0.6 is 0 Å². The van der Waals surface area contributed by atoms with E-state index in [1.165, 1.54) is 0 Å². The van der Waals surface area contributed by atoms with E-state index in [0.29, 0.717) is 0 Å². The molecule has 2 aromatic carbocycles. The minimum absolute atomic E-state index is 0.197. The summed E-state index contributed by atoms with van der Waals surface area (Å²) in [4.78, 5) is 11.9. The van der Waals surface area contributed by atoms with Gasteiger partial charge in [-0.25, -0.2) is 4.79 Å². The van der Waals surface area contributed by atoms with E-state index >= 15 is 0 Å². The smallest absolute Gasteiger partial charge is 0.408 e. The molecule has 0 aliphatic carbocycles. The van der Waals surface area contributed by atoms with Crippen molar-refractivity contribution in [3.63, 3.8) is 0 Å². The van der Waals surface area contributed by atoms with Crippen molar-refractivity contribution in [3.8, 4) is 0 Å². The van der Waals surface area contributed by atoms with Gasteiger partial charge in [0.15, 0.2) is 0 Å². The van der Waals surface area contributed by atoms with Gasteiger partial charge in [0.25, 0.3) is 0 Å². The van der Waals surface area contributed by atoms with Gasteiger partial charge in [0.2, 0.25) is 0 Å². The topological polar surface area (TPSA) is 58.6 Å². The summed E-state index contributed by atoms with van der Waals surface area (Å²) in [5, 5.41) is 12.3. The first-order valence-electron chi connectivity index (χ1n) is 6.79. The van der Waals surface area contributed by atoms with Crippen LogP contribution in [0.4, 0.5) is 4.79 Å². The van der Waals surface area contributed by atoms with E-state index in [9.17, 15) is 9.90 Å². The summed E-state index contributed by atoms with van der Waals surface area (Å²) < 4.78 is 5.19. The molecule has 2 aromatic rings. The molecule has 2 rings (SSSR count). The van der Waals surface area contributed by atoms with Crippen LogP contribution in [0.15, 0.2) is 60.7 Å². The Morgan fingerprint density at radius 1 is 1.10 bits per heavy atom. The second kappa shape index (κ2) is 6.90. The summed E-state index contributed by atoms with van der Waals surface area (Å²) >= 11 is 0. The fourth-order valence-corrected chi connectivity index (χ4v) is 1.99. The molecule has 1 atom stereocenters. The summed E-state index contributed by atoms with van der Waals surface area (Å²) in [7, 11) is 0. The maximum absolute atomic E-state index is 11.9. The number of benzene rings is 2. The molecule has 0 saturated carbocycles. The molecule has 0 heterocycles. The van der Waals surface area contributed by atoms with Crippen LogP contribution < -0.4 is 5.32 Å². The van der Waals surface area contributed by atoms with Gasteiger partial charge in [-0.05, 0) is 18.1 Å². The van der Waals surface area contributed by atoms with Crippen molar-refractivity contribution in [1.29, 1.82) is 0 Å². The van der Waals surface area contributed by atoms with Crippen molar-refractivity contribution in [2.24, 2.45) is 0 Å². The number of alkyl carbamates (subject to hydrolysis) is 1. The lowest BCUT2D eigenvalue weighted by atomic mass is 9.93. The summed E-state index contributed by atoms with van der Waals surface area (Å²) in [5.41, 5.74) is 0.872. The third-order valence-electron chi connectivity index (χ3n) is 3.32. The second-order valence-corrected chi connectivity index (χ2v) is 5.04. The normalized spacial score (nSPS) is 13.2. The summed E-state index contributed by atoms with van der Waals surface area (Å²) in [5.74, 6) is 0. The zero-order valence-corrected chi connectivity index (χ0v) is 12.0. The van der Waals surface area contributed by atoms with Gasteiger partial charge < -0.3 is 15.2 Å². The fourth-order valence-electron chi connectivity index (χ4n) is 1.99. The SMILES string of the molecule is CC(CO)(NC(=O)OCc1ccccc1)c1ccccc1. The number of aliphatic hydroxyl groups is 1. The predicted molar refractivity (Wildman–Crippen MR) is 80.6 cm³/mol. The number of hydrogen-bond acceptors (Lipinski definition) is 3. The number of ether oxygens (including phenoxy) is 1. The number of nitrogens with one attached hydrogen (secondary N) is 1. The highest BCUT2D eigenvalue weighted by atomic mass is 16.5. The lowest BCUT2D eigenvalue weighted by Gasteiger charge is -2.28. The quantitative estimate of drug-likeness (QED) is 0.888. The number of carbonyl (C=O) groups is 1. The number of carbonyl (C=O) groups excluding carboxylic acids is 1. The second-order valence-electron chi connectivity index (χ2n) is 5.04. The van der Waals surface area contributed by atoms with Gasteiger partial charge in [-0.2, -0.15) is 0 Å². The van der Waals surface area contributed by atoms with Crippen LogP contribution in [0, 0.1) is 0 Å². The van der Waals surface area contributed by atoms with Crippen molar-refractivity contribution < 1.29 is 14.6 Å². The van der Waals surface area contributed by atoms with E-state index in [1.54, 1.807) is 6.92 Å². The molecule has 21 heavy (non-hydrogen) atoms. The zero-order valence-electron chi connectivity index (χ0n) is 12.0. The van der Waals surface area contributed by atoms with Crippen molar-refractivity contribution in [1.82, 2.24) is 5.32 Å². The standard InChI is InChI=1S/C17H19NO3/c1-17(13-19,15-10-6-3-7-11-15)18-16(20)21-12-14-8-4-2-5-9-14/h2-11,19H,12-13H2,1H3,(H,18,20).